The van der Waals surface area contributed by atoms with Crippen LogP contribution in [0.1, 0.15) is 46.0 Å². The molecule has 5 heteroatoms. The van der Waals surface area contributed by atoms with Gasteiger partial charge in [0.05, 0.1) is 4.90 Å². The number of nitrogens with one attached hydrogen (secondary N) is 1. The Labute approximate surface area is 122 Å². The van der Waals surface area contributed by atoms with Gasteiger partial charge in [-0.25, -0.2) is 13.1 Å². The van der Waals surface area contributed by atoms with Gasteiger partial charge in [0.1, 0.15) is 5.75 Å². The van der Waals surface area contributed by atoms with Gasteiger partial charge in [-0.05, 0) is 30.5 Å². The number of sulfonamides is 1. The van der Waals surface area contributed by atoms with E-state index in [2.05, 4.69) is 18.6 Å². The van der Waals surface area contributed by atoms with Crippen molar-refractivity contribution < 1.29 is 13.5 Å². The first-order valence-corrected chi connectivity index (χ1v) is 8.69. The number of hydrogen-bond acceptors (Lipinski definition) is 3. The SMILES string of the molecule is CC(C)CCCCCCNS(=O)(=O)c1cccc(O)c1. The van der Waals surface area contributed by atoms with Gasteiger partial charge in [0.25, 0.3) is 0 Å². The van der Waals surface area contributed by atoms with Crippen LogP contribution in [-0.4, -0.2) is 20.1 Å². The molecule has 0 aliphatic heterocycles. The first-order chi connectivity index (χ1) is 9.42. The second kappa shape index (κ2) is 8.27. The van der Waals surface area contributed by atoms with Gasteiger partial charge in [-0.1, -0.05) is 45.6 Å². The van der Waals surface area contributed by atoms with Crippen LogP contribution in [-0.2, 0) is 10.0 Å². The number of phenols is 1. The fraction of sp³-hybridized carbons (Fsp3) is 0.600. The minimum absolute atomic E-state index is 0.0402. The summed E-state index contributed by atoms with van der Waals surface area (Å²) in [5, 5.41) is 9.30. The zero-order valence-corrected chi connectivity index (χ0v) is 13.1. The molecular formula is C15H25NO3S. The van der Waals surface area contributed by atoms with Crippen molar-refractivity contribution in [1.82, 2.24) is 4.72 Å². The number of benzene rings is 1. The standard InChI is InChI=1S/C15H25NO3S/c1-13(2)8-5-3-4-6-11-16-20(18,19)15-10-7-9-14(17)12-15/h7,9-10,12-13,16-17H,3-6,8,11H2,1-2H3. The molecular weight excluding hydrogens is 274 g/mol. The molecule has 1 rings (SSSR count). The molecule has 2 N–H and O–H groups in total. The average molecular weight is 299 g/mol. The van der Waals surface area contributed by atoms with Gasteiger partial charge < -0.3 is 5.11 Å². The molecule has 0 aliphatic rings. The molecule has 0 aliphatic carbocycles. The Kier molecular flexibility index (Phi) is 7.02. The molecule has 4 nitrogen and oxygen atoms in total. The topological polar surface area (TPSA) is 66.4 Å². The lowest BCUT2D eigenvalue weighted by molar-refractivity contribution is 0.473. The van der Waals surface area contributed by atoms with Gasteiger partial charge in [-0.3, -0.25) is 0 Å². The lowest BCUT2D eigenvalue weighted by atomic mass is 10.0. The number of hydrogen-bond donors (Lipinski definition) is 2. The molecule has 0 radical (unpaired) electrons. The number of aromatic hydroxyl groups is 1. The maximum atomic E-state index is 11.9. The van der Waals surface area contributed by atoms with E-state index in [0.29, 0.717) is 6.54 Å². The smallest absolute Gasteiger partial charge is 0.240 e. The van der Waals surface area contributed by atoms with E-state index < -0.39 is 10.0 Å². The molecule has 0 unspecified atom stereocenters. The van der Waals surface area contributed by atoms with E-state index in [9.17, 15) is 13.5 Å². The summed E-state index contributed by atoms with van der Waals surface area (Å²) in [6.07, 6.45) is 5.46. The number of unbranched alkanes of at least 4 members (excludes halogenated alkanes) is 3. The summed E-state index contributed by atoms with van der Waals surface area (Å²) in [7, 11) is -3.50. The van der Waals surface area contributed by atoms with Crippen molar-refractivity contribution in [2.75, 3.05) is 6.54 Å². The van der Waals surface area contributed by atoms with E-state index in [1.807, 2.05) is 0 Å². The van der Waals surface area contributed by atoms with Crippen LogP contribution in [0, 0.1) is 5.92 Å². The quantitative estimate of drug-likeness (QED) is 0.688. The van der Waals surface area contributed by atoms with Gasteiger partial charge in [0.15, 0.2) is 0 Å². The average Bonchev–Trinajstić information content (AvgIpc) is 2.37. The van der Waals surface area contributed by atoms with E-state index in [0.717, 1.165) is 25.2 Å². The molecule has 1 aromatic carbocycles. The van der Waals surface area contributed by atoms with Crippen molar-refractivity contribution in [2.24, 2.45) is 5.92 Å². The molecule has 0 spiro atoms. The molecule has 0 bridgehead atoms. The molecule has 0 saturated heterocycles. The third-order valence-electron chi connectivity index (χ3n) is 3.13. The first kappa shape index (κ1) is 17.0. The van der Waals surface area contributed by atoms with Crippen molar-refractivity contribution >= 4 is 10.0 Å². The highest BCUT2D eigenvalue weighted by molar-refractivity contribution is 7.89. The summed E-state index contributed by atoms with van der Waals surface area (Å²) in [6, 6.07) is 5.71. The summed E-state index contributed by atoms with van der Waals surface area (Å²) in [4.78, 5) is 0.109. The summed E-state index contributed by atoms with van der Waals surface area (Å²) >= 11 is 0. The van der Waals surface area contributed by atoms with Crippen LogP contribution in [0.2, 0.25) is 0 Å². The molecule has 0 saturated carbocycles. The van der Waals surface area contributed by atoms with Gasteiger partial charge >= 0.3 is 0 Å². The lowest BCUT2D eigenvalue weighted by Gasteiger charge is -2.07. The van der Waals surface area contributed by atoms with E-state index in [1.165, 1.54) is 37.1 Å². The predicted molar refractivity (Wildman–Crippen MR) is 81.2 cm³/mol. The highest BCUT2D eigenvalue weighted by atomic mass is 32.2. The molecule has 20 heavy (non-hydrogen) atoms. The van der Waals surface area contributed by atoms with Gasteiger partial charge in [0, 0.05) is 6.54 Å². The zero-order chi connectivity index (χ0) is 15.0. The molecule has 114 valence electrons. The Morgan fingerprint density at radius 2 is 1.85 bits per heavy atom. The number of phenolic OH excluding ortho intramolecular Hbond substituents is 1. The van der Waals surface area contributed by atoms with Crippen molar-refractivity contribution in [3.8, 4) is 5.75 Å². The fourth-order valence-corrected chi connectivity index (χ4v) is 3.09. The lowest BCUT2D eigenvalue weighted by Crippen LogP contribution is -2.24. The number of rotatable bonds is 9. The molecule has 0 fully saturated rings. The van der Waals surface area contributed by atoms with E-state index in [1.54, 1.807) is 0 Å². The summed E-state index contributed by atoms with van der Waals surface area (Å²) < 4.78 is 26.4. The normalized spacial score (nSPS) is 11.9. The van der Waals surface area contributed by atoms with E-state index >= 15 is 0 Å². The third-order valence-corrected chi connectivity index (χ3v) is 4.59. The molecule has 0 aromatic heterocycles. The molecule has 0 amide bonds. The summed E-state index contributed by atoms with van der Waals surface area (Å²) in [6.45, 7) is 4.87. The van der Waals surface area contributed by atoms with Crippen LogP contribution in [0.3, 0.4) is 0 Å². The van der Waals surface area contributed by atoms with Gasteiger partial charge in [-0.2, -0.15) is 0 Å². The second-order valence-electron chi connectivity index (χ2n) is 5.49. The zero-order valence-electron chi connectivity index (χ0n) is 12.3. The fourth-order valence-electron chi connectivity index (χ4n) is 1.97. The van der Waals surface area contributed by atoms with Gasteiger partial charge in [-0.15, -0.1) is 0 Å². The van der Waals surface area contributed by atoms with Crippen LogP contribution in [0.25, 0.3) is 0 Å². The van der Waals surface area contributed by atoms with Crippen molar-refractivity contribution in [1.29, 1.82) is 0 Å². The first-order valence-electron chi connectivity index (χ1n) is 7.20. The van der Waals surface area contributed by atoms with Gasteiger partial charge in [0.2, 0.25) is 10.0 Å². The molecule has 1 aromatic rings. The summed E-state index contributed by atoms with van der Waals surface area (Å²) in [5.74, 6) is 0.695. The molecule has 0 heterocycles. The maximum absolute atomic E-state index is 11.9. The van der Waals surface area contributed by atoms with Crippen LogP contribution < -0.4 is 4.72 Å². The van der Waals surface area contributed by atoms with Crippen LogP contribution in [0.4, 0.5) is 0 Å². The summed E-state index contributed by atoms with van der Waals surface area (Å²) in [5.41, 5.74) is 0. The molecule has 0 atom stereocenters. The minimum Gasteiger partial charge on any atom is -0.508 e. The van der Waals surface area contributed by atoms with Crippen LogP contribution >= 0.6 is 0 Å². The third kappa shape index (κ3) is 6.39. The Hall–Kier alpha value is -1.07. The maximum Gasteiger partial charge on any atom is 0.240 e. The highest BCUT2D eigenvalue weighted by Gasteiger charge is 2.13. The monoisotopic (exact) mass is 299 g/mol. The van der Waals surface area contributed by atoms with E-state index in [4.69, 9.17) is 0 Å². The Balaban J connectivity index is 2.27. The van der Waals surface area contributed by atoms with Crippen LogP contribution in [0.15, 0.2) is 29.2 Å². The van der Waals surface area contributed by atoms with Crippen molar-refractivity contribution in [3.05, 3.63) is 24.3 Å². The van der Waals surface area contributed by atoms with Crippen molar-refractivity contribution in [2.45, 2.75) is 50.8 Å². The Morgan fingerprint density at radius 1 is 1.15 bits per heavy atom. The second-order valence-corrected chi connectivity index (χ2v) is 7.26. The van der Waals surface area contributed by atoms with Crippen LogP contribution in [0.5, 0.6) is 5.75 Å². The Morgan fingerprint density at radius 3 is 2.50 bits per heavy atom. The Bertz CT molecular complexity index is 498. The minimum atomic E-state index is -3.50. The highest BCUT2D eigenvalue weighted by Crippen LogP contribution is 2.15. The van der Waals surface area contributed by atoms with Crippen molar-refractivity contribution in [3.63, 3.8) is 0 Å². The predicted octanol–water partition coefficient (Wildman–Crippen LogP) is 3.28. The van der Waals surface area contributed by atoms with E-state index in [-0.39, 0.29) is 10.6 Å². The largest absolute Gasteiger partial charge is 0.508 e.